The van der Waals surface area contributed by atoms with Crippen LogP contribution in [0.4, 0.5) is 0 Å². The summed E-state index contributed by atoms with van der Waals surface area (Å²) in [5.41, 5.74) is 10.3. The number of hydrogen-bond acceptors (Lipinski definition) is 3. The summed E-state index contributed by atoms with van der Waals surface area (Å²) in [6.07, 6.45) is 6.28. The van der Waals surface area contributed by atoms with E-state index in [1.165, 1.54) is 52.3 Å². The van der Waals surface area contributed by atoms with Gasteiger partial charge in [0, 0.05) is 0 Å². The van der Waals surface area contributed by atoms with Gasteiger partial charge in [0.1, 0.15) is 0 Å². The van der Waals surface area contributed by atoms with Gasteiger partial charge in [-0.1, -0.05) is 0 Å². The number of benzene rings is 4. The van der Waals surface area contributed by atoms with Gasteiger partial charge in [-0.05, 0) is 0 Å². The van der Waals surface area contributed by atoms with E-state index in [1.807, 2.05) is 12.4 Å². The van der Waals surface area contributed by atoms with E-state index in [0.29, 0.717) is 29.0 Å². The first-order chi connectivity index (χ1) is 29.6. The molecule has 0 saturated carbocycles. The number of fused-ring (bicyclic) bond motifs is 10. The topological polar surface area (TPSA) is 35.0 Å². The van der Waals surface area contributed by atoms with Crippen molar-refractivity contribution in [3.63, 3.8) is 0 Å². The van der Waals surface area contributed by atoms with Crippen molar-refractivity contribution < 1.29 is 4.74 Å². The van der Waals surface area contributed by atoms with Gasteiger partial charge in [-0.3, -0.25) is 0 Å². The predicted octanol–water partition coefficient (Wildman–Crippen LogP) is 14.5. The van der Waals surface area contributed by atoms with Crippen molar-refractivity contribution in [2.45, 2.75) is 107 Å². The molecule has 0 aliphatic heterocycles. The van der Waals surface area contributed by atoms with Gasteiger partial charge in [0.05, 0.1) is 0 Å². The summed E-state index contributed by atoms with van der Waals surface area (Å²) in [5, 5.41) is 5.77. The molecule has 0 unspecified atom stereocenters. The Bertz CT molecular complexity index is 3190. The third-order valence-corrected chi connectivity index (χ3v) is 23.4. The molecule has 7 heteroatoms. The molecule has 320 valence electrons. The zero-order valence-corrected chi connectivity index (χ0v) is 45.4. The van der Waals surface area contributed by atoms with Gasteiger partial charge in [0.2, 0.25) is 0 Å². The summed E-state index contributed by atoms with van der Waals surface area (Å²) < 4.78 is 19.3. The van der Waals surface area contributed by atoms with E-state index in [1.54, 1.807) is 25.6 Å². The molecule has 0 bridgehead atoms. The fraction of sp³-hybridized carbons (Fsp3) is 0.321. The van der Waals surface area contributed by atoms with Crippen molar-refractivity contribution >= 4 is 114 Å². The van der Waals surface area contributed by atoms with E-state index >= 15 is 0 Å². The van der Waals surface area contributed by atoms with Crippen LogP contribution in [-0.2, 0) is 23.7 Å². The summed E-state index contributed by atoms with van der Waals surface area (Å²) in [6, 6.07) is 32.8. The second kappa shape index (κ2) is 15.6. The van der Waals surface area contributed by atoms with E-state index in [2.05, 4.69) is 168 Å². The first-order valence-electron chi connectivity index (χ1n) is 22.1. The summed E-state index contributed by atoms with van der Waals surface area (Å²) in [4.78, 5) is 10.3. The zero-order chi connectivity index (χ0) is 44.4. The monoisotopic (exact) mass is 1090 g/mol. The Morgan fingerprint density at radius 1 is 0.413 bits per heavy atom. The van der Waals surface area contributed by atoms with Crippen LogP contribution >= 0.6 is 0 Å². The van der Waals surface area contributed by atoms with Crippen molar-refractivity contribution in [2.24, 2.45) is 10.8 Å². The Morgan fingerprint density at radius 3 is 1.19 bits per heavy atom. The van der Waals surface area contributed by atoms with Crippen molar-refractivity contribution in [2.75, 3.05) is 0 Å². The molecule has 0 spiro atoms. The zero-order valence-electron chi connectivity index (χ0n) is 38.6. The van der Waals surface area contributed by atoms with Gasteiger partial charge < -0.3 is 0 Å². The molecule has 0 atom stereocenters. The van der Waals surface area contributed by atoms with Crippen LogP contribution in [0.1, 0.15) is 105 Å². The van der Waals surface area contributed by atoms with Crippen LogP contribution in [0.3, 0.4) is 0 Å². The first-order valence-corrected chi connectivity index (χ1v) is 29.0. The molecule has 6 aromatic heterocycles. The fourth-order valence-electron chi connectivity index (χ4n) is 8.90. The van der Waals surface area contributed by atoms with Gasteiger partial charge in [-0.25, -0.2) is 0 Å². The van der Waals surface area contributed by atoms with E-state index in [-0.39, 0.29) is 50.7 Å². The molecule has 0 N–H and O–H groups in total. The molecule has 0 aliphatic rings. The van der Waals surface area contributed by atoms with Crippen molar-refractivity contribution in [3.8, 4) is 34.0 Å². The Labute approximate surface area is 396 Å². The average molecular weight is 1090 g/mol. The number of hydrogen-bond donors (Lipinski definition) is 0. The van der Waals surface area contributed by atoms with E-state index in [4.69, 9.17) is 14.7 Å². The normalized spacial score (nSPS) is 13.2. The quantitative estimate of drug-likeness (QED) is 0.156. The summed E-state index contributed by atoms with van der Waals surface area (Å²) in [6.45, 7) is 27.8. The predicted molar refractivity (Wildman–Crippen MR) is 276 cm³/mol. The molecule has 0 amide bonds. The molecule has 0 saturated heterocycles. The number of pyridine rings is 2. The van der Waals surface area contributed by atoms with Crippen LogP contribution in [-0.4, -0.2) is 68.0 Å². The minimum absolute atomic E-state index is 0.0826. The standard InChI is InChI=1S/C56H56N2OSe4/c1-53(2,3)29-31-13-15-39-43(21-31)60-51-41-17-19-57-45(47(41)62-49(39)51)33-23-35(55(7,8)9)27-37(25-33)59-38-26-34(24-36(28-38)56(10,11)12)46-48-42(18-20-58-46)52-50(63-48)40-16-14-32(22-44(40)61-52)30-54(4,5)6/h13-28H,29-30H2,1-12H3. The Kier molecular flexibility index (Phi) is 10.7. The van der Waals surface area contributed by atoms with Crippen LogP contribution in [0.5, 0.6) is 11.5 Å². The van der Waals surface area contributed by atoms with Gasteiger partial charge in [-0.15, -0.1) is 0 Å². The summed E-state index contributed by atoms with van der Waals surface area (Å²) in [5.74, 6) is 1.70. The van der Waals surface area contributed by atoms with Crippen LogP contribution in [0.2, 0.25) is 0 Å². The maximum atomic E-state index is 7.09. The summed E-state index contributed by atoms with van der Waals surface area (Å²) in [7, 11) is 0. The second-order valence-electron chi connectivity index (χ2n) is 22.0. The third-order valence-electron chi connectivity index (χ3n) is 11.9. The number of nitrogens with zero attached hydrogens (tertiary/aromatic N) is 2. The molecule has 4 aromatic carbocycles. The van der Waals surface area contributed by atoms with Gasteiger partial charge >= 0.3 is 400 Å². The van der Waals surface area contributed by atoms with Gasteiger partial charge in [0.25, 0.3) is 0 Å². The number of rotatable bonds is 6. The van der Waals surface area contributed by atoms with Crippen molar-refractivity contribution in [1.29, 1.82) is 0 Å². The molecule has 0 aliphatic carbocycles. The van der Waals surface area contributed by atoms with Crippen LogP contribution < -0.4 is 4.74 Å². The maximum absolute atomic E-state index is 7.09. The average Bonchev–Trinajstić information content (AvgIpc) is 3.93. The SMILES string of the molecule is CC(C)(C)Cc1ccc2c(c1)[se]c1c3ccnc(-c4cc(Oc5cc(-c6nccc7c6[se]c6c8ccc(CC(C)(C)C)cc8[se]c76)cc(C(C)(C)C)c5)cc(C(C)(C)C)c4)c3[se]c21. The third kappa shape index (κ3) is 8.48. The van der Waals surface area contributed by atoms with Crippen molar-refractivity contribution in [3.05, 3.63) is 120 Å². The Hall–Kier alpha value is -3.46. The Morgan fingerprint density at radius 2 is 0.810 bits per heavy atom. The molecular formula is C56H56N2OSe4. The van der Waals surface area contributed by atoms with Crippen molar-refractivity contribution in [1.82, 2.24) is 9.97 Å². The number of aromatic nitrogens is 2. The Balaban J connectivity index is 1.06. The van der Waals surface area contributed by atoms with E-state index in [9.17, 15) is 0 Å². The van der Waals surface area contributed by atoms with Crippen LogP contribution in [0.25, 0.3) is 78.1 Å². The van der Waals surface area contributed by atoms with E-state index < -0.39 is 0 Å². The van der Waals surface area contributed by atoms with Gasteiger partial charge in [0.15, 0.2) is 0 Å². The molecular weight excluding hydrogens is 1030 g/mol. The summed E-state index contributed by atoms with van der Waals surface area (Å²) >= 11 is 0.959. The molecule has 10 rings (SSSR count). The second-order valence-corrected chi connectivity index (χ2v) is 30.7. The van der Waals surface area contributed by atoms with Gasteiger partial charge in [-0.2, -0.15) is 0 Å². The molecule has 0 radical (unpaired) electrons. The van der Waals surface area contributed by atoms with E-state index in [0.717, 1.165) is 46.9 Å². The number of ether oxygens (including phenoxy) is 1. The van der Waals surface area contributed by atoms with Crippen LogP contribution in [0, 0.1) is 10.8 Å². The molecule has 0 fully saturated rings. The minimum atomic E-state index is -0.0826. The van der Waals surface area contributed by atoms with Crippen LogP contribution in [0.15, 0.2) is 97.3 Å². The molecule has 3 nitrogen and oxygen atoms in total. The fourth-order valence-corrected chi connectivity index (χ4v) is 22.2. The molecule has 63 heavy (non-hydrogen) atoms. The first kappa shape index (κ1) is 43.4. The molecule has 10 aromatic rings. The molecule has 6 heterocycles.